The Balaban J connectivity index is 1.59. The van der Waals surface area contributed by atoms with Crippen LogP contribution in [0, 0.1) is 11.7 Å². The number of hydrogen-bond acceptors (Lipinski definition) is 5. The van der Waals surface area contributed by atoms with E-state index in [2.05, 4.69) is 16.7 Å². The highest BCUT2D eigenvalue weighted by molar-refractivity contribution is 5.94. The number of rotatable bonds is 8. The molecule has 11 heteroatoms. The van der Waals surface area contributed by atoms with Gasteiger partial charge in [0.2, 0.25) is 17.7 Å². The van der Waals surface area contributed by atoms with Crippen LogP contribution in [0.2, 0.25) is 0 Å². The molecule has 0 bridgehead atoms. The molecule has 10 nitrogen and oxygen atoms in total. The van der Waals surface area contributed by atoms with Crippen molar-refractivity contribution in [3.05, 3.63) is 65.5 Å². The zero-order valence-corrected chi connectivity index (χ0v) is 24.5. The van der Waals surface area contributed by atoms with Gasteiger partial charge in [0.1, 0.15) is 23.9 Å². The monoisotopic (exact) mass is 581 g/mol. The zero-order chi connectivity index (χ0) is 30.6. The van der Waals surface area contributed by atoms with Crippen LogP contribution in [-0.4, -0.2) is 83.5 Å². The summed E-state index contributed by atoms with van der Waals surface area (Å²) in [6.07, 6.45) is 1.40. The minimum absolute atomic E-state index is 0.186. The quantitative estimate of drug-likeness (QED) is 0.440. The fraction of sp³-hybridized carbons (Fsp3) is 0.484. The summed E-state index contributed by atoms with van der Waals surface area (Å²) in [7, 11) is 1.29. The smallest absolute Gasteiger partial charge is 0.407 e. The Labute approximate surface area is 245 Å². The molecule has 1 aliphatic heterocycles. The topological polar surface area (TPSA) is 122 Å². The molecule has 1 aliphatic carbocycles. The molecule has 4 amide bonds. The summed E-state index contributed by atoms with van der Waals surface area (Å²) in [6, 6.07) is 11.0. The van der Waals surface area contributed by atoms with Gasteiger partial charge >= 0.3 is 6.09 Å². The normalized spacial score (nSPS) is 19.9. The molecule has 1 heterocycles. The number of carbonyl (C=O) groups is 4. The first-order chi connectivity index (χ1) is 20.0. The summed E-state index contributed by atoms with van der Waals surface area (Å²) in [5.74, 6) is -2.00. The van der Waals surface area contributed by atoms with Crippen LogP contribution in [-0.2, 0) is 20.8 Å². The lowest BCUT2D eigenvalue weighted by Gasteiger charge is -2.44. The fourth-order valence-electron chi connectivity index (χ4n) is 5.64. The van der Waals surface area contributed by atoms with Crippen molar-refractivity contribution in [1.82, 2.24) is 20.4 Å². The second-order valence-corrected chi connectivity index (χ2v) is 11.4. The highest BCUT2D eigenvalue weighted by atomic mass is 19.1. The van der Waals surface area contributed by atoms with Gasteiger partial charge in [-0.3, -0.25) is 19.3 Å². The first kappa shape index (κ1) is 30.8. The lowest BCUT2D eigenvalue weighted by atomic mass is 9.87. The second kappa shape index (κ2) is 13.2. The summed E-state index contributed by atoms with van der Waals surface area (Å²) in [5.41, 5.74) is 3.01. The Hall–Kier alpha value is -4.15. The van der Waals surface area contributed by atoms with E-state index in [4.69, 9.17) is 0 Å². The number of nitrogens with zero attached hydrogens (tertiary/aromatic N) is 3. The average molecular weight is 582 g/mol. The van der Waals surface area contributed by atoms with E-state index in [9.17, 15) is 28.7 Å². The summed E-state index contributed by atoms with van der Waals surface area (Å²) in [6.45, 7) is 5.83. The number of carboxylic acid groups (broad SMARTS) is 1. The number of fused-ring (bicyclic) bond motifs is 1. The van der Waals surface area contributed by atoms with Crippen LogP contribution >= 0.6 is 0 Å². The van der Waals surface area contributed by atoms with Crippen molar-refractivity contribution in [3.8, 4) is 0 Å². The van der Waals surface area contributed by atoms with Crippen molar-refractivity contribution in [2.24, 2.45) is 5.92 Å². The van der Waals surface area contributed by atoms with Crippen molar-refractivity contribution in [3.63, 3.8) is 0 Å². The Morgan fingerprint density at radius 3 is 2.38 bits per heavy atom. The zero-order valence-electron chi connectivity index (χ0n) is 24.5. The molecule has 0 radical (unpaired) electrons. The van der Waals surface area contributed by atoms with Gasteiger partial charge < -0.3 is 25.5 Å². The summed E-state index contributed by atoms with van der Waals surface area (Å²) < 4.78 is 13.6. The molecule has 0 unspecified atom stereocenters. The number of hydrogen-bond donors (Lipinski definition) is 3. The van der Waals surface area contributed by atoms with E-state index in [1.165, 1.54) is 36.6 Å². The number of benzene rings is 2. The lowest BCUT2D eigenvalue weighted by Crippen LogP contribution is -2.65. The van der Waals surface area contributed by atoms with Gasteiger partial charge in [-0.2, -0.15) is 0 Å². The van der Waals surface area contributed by atoms with Crippen LogP contribution in [0.4, 0.5) is 14.9 Å². The Morgan fingerprint density at radius 1 is 1.02 bits per heavy atom. The Morgan fingerprint density at radius 2 is 1.71 bits per heavy atom. The van der Waals surface area contributed by atoms with Crippen molar-refractivity contribution in [1.29, 1.82) is 0 Å². The third kappa shape index (κ3) is 6.83. The Bertz CT molecular complexity index is 1300. The maximum atomic E-state index is 14.0. The van der Waals surface area contributed by atoms with Gasteiger partial charge in [-0.25, -0.2) is 9.18 Å². The van der Waals surface area contributed by atoms with E-state index in [0.29, 0.717) is 6.54 Å². The number of likely N-dealkylation sites (N-methyl/N-ethyl adjacent to an activating group) is 1. The van der Waals surface area contributed by atoms with Crippen LogP contribution < -0.4 is 15.5 Å². The maximum absolute atomic E-state index is 14.0. The molecule has 2 aromatic carbocycles. The first-order valence-corrected chi connectivity index (χ1v) is 14.4. The van der Waals surface area contributed by atoms with Gasteiger partial charge in [0.05, 0.1) is 6.04 Å². The van der Waals surface area contributed by atoms with Gasteiger partial charge in [0, 0.05) is 32.4 Å². The largest absolute Gasteiger partial charge is 0.465 e. The van der Waals surface area contributed by atoms with Gasteiger partial charge in [-0.15, -0.1) is 0 Å². The first-order valence-electron chi connectivity index (χ1n) is 14.4. The molecular formula is C31H40FN5O5. The predicted molar refractivity (Wildman–Crippen MR) is 156 cm³/mol. The van der Waals surface area contributed by atoms with Crippen molar-refractivity contribution >= 4 is 29.5 Å². The number of aryl methyl sites for hydroxylation is 1. The summed E-state index contributed by atoms with van der Waals surface area (Å²) >= 11 is 0. The molecule has 0 spiro atoms. The number of halogens is 1. The number of nitrogens with one attached hydrogen (secondary N) is 2. The van der Waals surface area contributed by atoms with E-state index >= 15 is 0 Å². The van der Waals surface area contributed by atoms with Crippen molar-refractivity contribution in [2.75, 3.05) is 31.6 Å². The third-order valence-corrected chi connectivity index (χ3v) is 8.34. The summed E-state index contributed by atoms with van der Waals surface area (Å²) in [5, 5.41) is 15.2. The molecule has 3 N–H and O–H groups in total. The molecule has 4 rings (SSSR count). The highest BCUT2D eigenvalue weighted by Gasteiger charge is 2.41. The van der Waals surface area contributed by atoms with Gasteiger partial charge in [0.25, 0.3) is 0 Å². The minimum Gasteiger partial charge on any atom is -0.465 e. The minimum atomic E-state index is -1.26. The molecule has 4 atom stereocenters. The van der Waals surface area contributed by atoms with E-state index < -0.39 is 36.0 Å². The molecule has 1 fully saturated rings. The van der Waals surface area contributed by atoms with E-state index in [1.807, 2.05) is 23.1 Å². The highest BCUT2D eigenvalue weighted by Crippen LogP contribution is 2.30. The standard InChI is InChI=1S/C31H40FN5O5/c1-19(2)27(34-28(38)20(3)35(4)31(41)42)30(40)37-17-16-36(23-14-12-22(32)13-15-23)18-26(37)29(39)33-25-11-7-9-21-8-5-6-10-24(21)25/h5-6,8,10,12-15,19-20,25-27H,7,9,11,16-18H2,1-4H3,(H,33,39)(H,34,38)(H,41,42)/t20-,25+,26-,27-/m0/s1. The van der Waals surface area contributed by atoms with E-state index in [1.54, 1.807) is 26.0 Å². The summed E-state index contributed by atoms with van der Waals surface area (Å²) in [4.78, 5) is 56.6. The van der Waals surface area contributed by atoms with Crippen LogP contribution in [0.15, 0.2) is 48.5 Å². The molecule has 2 aromatic rings. The molecule has 42 heavy (non-hydrogen) atoms. The van der Waals surface area contributed by atoms with Crippen LogP contribution in [0.1, 0.15) is 50.8 Å². The molecule has 2 aliphatic rings. The predicted octanol–water partition coefficient (Wildman–Crippen LogP) is 3.18. The second-order valence-electron chi connectivity index (χ2n) is 11.4. The van der Waals surface area contributed by atoms with Crippen molar-refractivity contribution in [2.45, 2.75) is 64.2 Å². The Kier molecular flexibility index (Phi) is 9.70. The van der Waals surface area contributed by atoms with E-state index in [0.717, 1.165) is 35.4 Å². The molecule has 226 valence electrons. The van der Waals surface area contributed by atoms with Crippen LogP contribution in [0.3, 0.4) is 0 Å². The lowest BCUT2D eigenvalue weighted by molar-refractivity contribution is -0.145. The number of carbonyl (C=O) groups excluding carboxylic acids is 3. The maximum Gasteiger partial charge on any atom is 0.407 e. The third-order valence-electron chi connectivity index (χ3n) is 8.34. The molecule has 1 saturated heterocycles. The van der Waals surface area contributed by atoms with Gasteiger partial charge in [-0.05, 0) is 67.5 Å². The van der Waals surface area contributed by atoms with Gasteiger partial charge in [-0.1, -0.05) is 38.1 Å². The van der Waals surface area contributed by atoms with Gasteiger partial charge in [0.15, 0.2) is 0 Å². The van der Waals surface area contributed by atoms with Crippen LogP contribution in [0.5, 0.6) is 0 Å². The average Bonchev–Trinajstić information content (AvgIpc) is 2.98. The SMILES string of the molecule is CC(C)[C@H](NC(=O)[C@H](C)N(C)C(=O)O)C(=O)N1CCN(c2ccc(F)cc2)C[C@H]1C(=O)N[C@@H]1CCCc2ccccc21. The number of piperazine rings is 1. The number of amides is 4. The van der Waals surface area contributed by atoms with Crippen LogP contribution in [0.25, 0.3) is 0 Å². The van der Waals surface area contributed by atoms with E-state index in [-0.39, 0.29) is 36.8 Å². The molecule has 0 aromatic heterocycles. The number of anilines is 1. The molecule has 0 saturated carbocycles. The molecular weight excluding hydrogens is 541 g/mol. The fourth-order valence-corrected chi connectivity index (χ4v) is 5.64. The van der Waals surface area contributed by atoms with Crippen molar-refractivity contribution < 1.29 is 28.7 Å².